The summed E-state index contributed by atoms with van der Waals surface area (Å²) < 4.78 is 25.9. The lowest BCUT2D eigenvalue weighted by Gasteiger charge is -2.26. The van der Waals surface area contributed by atoms with Crippen molar-refractivity contribution in [3.63, 3.8) is 0 Å². The Morgan fingerprint density at radius 3 is 2.06 bits per heavy atom. The number of rotatable bonds is 4. The molecule has 7 heteroatoms. The highest BCUT2D eigenvalue weighted by molar-refractivity contribution is 7.85. The summed E-state index contributed by atoms with van der Waals surface area (Å²) in [6.07, 6.45) is 6.50. The Kier molecular flexibility index (Phi) is 7.17. The minimum absolute atomic E-state index is 0.429. The molecule has 2 N–H and O–H groups in total. The first kappa shape index (κ1) is 16.2. The van der Waals surface area contributed by atoms with Crippen LogP contribution in [0.25, 0.3) is 0 Å². The molecule has 1 atom stereocenters. The van der Waals surface area contributed by atoms with Gasteiger partial charge in [0, 0.05) is 25.5 Å². The van der Waals surface area contributed by atoms with Crippen molar-refractivity contribution in [2.24, 2.45) is 0 Å². The summed E-state index contributed by atoms with van der Waals surface area (Å²) in [5.41, 5.74) is 0. The lowest BCUT2D eigenvalue weighted by Crippen LogP contribution is -2.38. The molecule has 0 bridgehead atoms. The summed E-state index contributed by atoms with van der Waals surface area (Å²) in [6.45, 7) is 6.01. The van der Waals surface area contributed by atoms with Gasteiger partial charge >= 0.3 is 0 Å². The molecule has 1 aliphatic rings. The molecule has 0 radical (unpaired) electrons. The van der Waals surface area contributed by atoms with Crippen molar-refractivity contribution in [1.82, 2.24) is 9.80 Å². The van der Waals surface area contributed by atoms with Gasteiger partial charge in [-0.05, 0) is 13.3 Å². The smallest absolute Gasteiger partial charge is 0.261 e. The zero-order chi connectivity index (χ0) is 13.5. The maximum absolute atomic E-state index is 9.66. The van der Waals surface area contributed by atoms with Crippen LogP contribution in [0, 0.1) is 0 Å². The van der Waals surface area contributed by atoms with Gasteiger partial charge in [0.15, 0.2) is 0 Å². The normalized spacial score (nSPS) is 19.2. The molecule has 0 fully saturated rings. The maximum atomic E-state index is 9.66. The molecular weight excluding hydrogens is 244 g/mol. The number of hydrogen-bond donors (Lipinski definition) is 2. The fraction of sp³-hybridized carbons (Fsp3) is 0.800. The van der Waals surface area contributed by atoms with Crippen LogP contribution in [0.3, 0.4) is 0 Å². The molecule has 0 spiro atoms. The average Bonchev–Trinajstić information content (AvgIpc) is 2.54. The summed E-state index contributed by atoms with van der Waals surface area (Å²) in [5.74, 6) is 0. The van der Waals surface area contributed by atoms with E-state index in [0.717, 1.165) is 19.5 Å². The van der Waals surface area contributed by atoms with E-state index in [9.17, 15) is 13.5 Å². The number of nitrogens with zero attached hydrogens (tertiary/aromatic N) is 2. The zero-order valence-electron chi connectivity index (χ0n) is 10.6. The standard InChI is InChI=1S/C9H18N2O.CH4O3S/c1-3-5-6-11-8-7-10(4-2)9(11)12;1-5(2,3)4/h7-9,12H,3-6H2,1-2H3;1H3,(H,2,3,4). The number of unbranched alkanes of at least 4 members (excludes halogenated alkanes) is 1. The van der Waals surface area contributed by atoms with E-state index in [1.54, 1.807) is 0 Å². The molecule has 1 aliphatic heterocycles. The predicted molar refractivity (Wildman–Crippen MR) is 66.6 cm³/mol. The van der Waals surface area contributed by atoms with Crippen LogP contribution in [0.5, 0.6) is 0 Å². The Hall–Kier alpha value is -0.790. The average molecular weight is 266 g/mol. The number of aliphatic hydroxyl groups excluding tert-OH is 1. The minimum Gasteiger partial charge on any atom is -0.356 e. The second-order valence-corrected chi connectivity index (χ2v) is 5.27. The van der Waals surface area contributed by atoms with Gasteiger partial charge in [0.1, 0.15) is 0 Å². The molecule has 1 unspecified atom stereocenters. The first-order valence-electron chi connectivity index (χ1n) is 5.60. The molecule has 0 aromatic heterocycles. The molecule has 1 rings (SSSR count). The van der Waals surface area contributed by atoms with Gasteiger partial charge in [-0.2, -0.15) is 8.42 Å². The fourth-order valence-electron chi connectivity index (χ4n) is 1.32. The van der Waals surface area contributed by atoms with Crippen LogP contribution in [-0.2, 0) is 10.1 Å². The van der Waals surface area contributed by atoms with Crippen LogP contribution in [0.2, 0.25) is 0 Å². The van der Waals surface area contributed by atoms with E-state index in [-0.39, 0.29) is 0 Å². The van der Waals surface area contributed by atoms with Crippen molar-refractivity contribution in [2.75, 3.05) is 19.3 Å². The van der Waals surface area contributed by atoms with E-state index in [4.69, 9.17) is 4.55 Å². The molecule has 1 heterocycles. The summed E-state index contributed by atoms with van der Waals surface area (Å²) in [7, 11) is -3.67. The van der Waals surface area contributed by atoms with Gasteiger partial charge < -0.3 is 14.9 Å². The van der Waals surface area contributed by atoms with Crippen LogP contribution in [0.4, 0.5) is 0 Å². The molecule has 0 amide bonds. The summed E-state index contributed by atoms with van der Waals surface area (Å²) in [4.78, 5) is 3.88. The molecule has 0 saturated heterocycles. The highest BCUT2D eigenvalue weighted by Gasteiger charge is 2.20. The monoisotopic (exact) mass is 266 g/mol. The largest absolute Gasteiger partial charge is 0.356 e. The van der Waals surface area contributed by atoms with Crippen LogP contribution in [0.1, 0.15) is 26.7 Å². The number of aliphatic hydroxyl groups is 1. The molecule has 0 aromatic carbocycles. The van der Waals surface area contributed by atoms with E-state index in [2.05, 4.69) is 6.92 Å². The molecule has 6 nitrogen and oxygen atoms in total. The predicted octanol–water partition coefficient (Wildman–Crippen LogP) is 0.675. The quantitative estimate of drug-likeness (QED) is 0.728. The van der Waals surface area contributed by atoms with Crippen molar-refractivity contribution >= 4 is 10.1 Å². The Labute approximate surface area is 103 Å². The Bertz CT molecular complexity index is 321. The first-order valence-corrected chi connectivity index (χ1v) is 7.44. The van der Waals surface area contributed by atoms with Crippen molar-refractivity contribution in [2.45, 2.75) is 33.0 Å². The van der Waals surface area contributed by atoms with Gasteiger partial charge in [0.05, 0.1) is 6.26 Å². The zero-order valence-corrected chi connectivity index (χ0v) is 11.4. The van der Waals surface area contributed by atoms with Crippen molar-refractivity contribution < 1.29 is 18.1 Å². The molecule has 17 heavy (non-hydrogen) atoms. The minimum atomic E-state index is -3.67. The van der Waals surface area contributed by atoms with E-state index in [1.807, 2.05) is 29.1 Å². The highest BCUT2D eigenvalue weighted by atomic mass is 32.2. The van der Waals surface area contributed by atoms with Crippen molar-refractivity contribution in [3.8, 4) is 0 Å². The Morgan fingerprint density at radius 1 is 1.24 bits per heavy atom. The highest BCUT2D eigenvalue weighted by Crippen LogP contribution is 2.13. The lowest BCUT2D eigenvalue weighted by molar-refractivity contribution is -0.0455. The van der Waals surface area contributed by atoms with Crippen LogP contribution < -0.4 is 0 Å². The fourth-order valence-corrected chi connectivity index (χ4v) is 1.32. The molecule has 0 saturated carbocycles. The maximum Gasteiger partial charge on any atom is 0.261 e. The third kappa shape index (κ3) is 8.00. The van der Waals surface area contributed by atoms with Gasteiger partial charge in [0.2, 0.25) is 6.35 Å². The molecular formula is C10H22N2O4S. The molecule has 102 valence electrons. The van der Waals surface area contributed by atoms with E-state index in [0.29, 0.717) is 6.26 Å². The number of hydrogen-bond acceptors (Lipinski definition) is 5. The summed E-state index contributed by atoms with van der Waals surface area (Å²) in [6, 6.07) is 0. The van der Waals surface area contributed by atoms with Gasteiger partial charge in [-0.3, -0.25) is 4.55 Å². The van der Waals surface area contributed by atoms with E-state index >= 15 is 0 Å². The van der Waals surface area contributed by atoms with Crippen LogP contribution in [0.15, 0.2) is 12.4 Å². The summed E-state index contributed by atoms with van der Waals surface area (Å²) in [5, 5.41) is 9.66. The molecule has 0 aromatic rings. The van der Waals surface area contributed by atoms with Crippen molar-refractivity contribution in [3.05, 3.63) is 12.4 Å². The van der Waals surface area contributed by atoms with Crippen LogP contribution >= 0.6 is 0 Å². The van der Waals surface area contributed by atoms with Gasteiger partial charge in [-0.1, -0.05) is 13.3 Å². The second kappa shape index (κ2) is 7.52. The van der Waals surface area contributed by atoms with Gasteiger partial charge in [-0.25, -0.2) is 0 Å². The molecule has 0 aliphatic carbocycles. The Morgan fingerprint density at radius 2 is 1.71 bits per heavy atom. The van der Waals surface area contributed by atoms with E-state index < -0.39 is 16.5 Å². The Balaban J connectivity index is 0.000000437. The van der Waals surface area contributed by atoms with E-state index in [1.165, 1.54) is 6.42 Å². The van der Waals surface area contributed by atoms with Crippen LogP contribution in [-0.4, -0.2) is 53.6 Å². The van der Waals surface area contributed by atoms with Gasteiger partial charge in [0.25, 0.3) is 10.1 Å². The first-order chi connectivity index (χ1) is 7.79. The van der Waals surface area contributed by atoms with Gasteiger partial charge in [-0.15, -0.1) is 0 Å². The lowest BCUT2D eigenvalue weighted by atomic mass is 10.3. The third-order valence-electron chi connectivity index (χ3n) is 2.18. The van der Waals surface area contributed by atoms with Crippen molar-refractivity contribution in [1.29, 1.82) is 0 Å². The second-order valence-electron chi connectivity index (χ2n) is 3.80. The summed E-state index contributed by atoms with van der Waals surface area (Å²) >= 11 is 0. The third-order valence-corrected chi connectivity index (χ3v) is 2.18. The SMILES string of the molecule is CCCCN1C=CN(CC)C1O.CS(=O)(=O)O. The topological polar surface area (TPSA) is 81.1 Å².